The second-order valence-electron chi connectivity index (χ2n) is 5.91. The van der Waals surface area contributed by atoms with Crippen LogP contribution in [0.25, 0.3) is 10.9 Å². The molecule has 0 fully saturated rings. The highest BCUT2D eigenvalue weighted by atomic mass is 35.5. The first-order valence-corrected chi connectivity index (χ1v) is 9.48. The summed E-state index contributed by atoms with van der Waals surface area (Å²) in [6, 6.07) is 15.7. The summed E-state index contributed by atoms with van der Waals surface area (Å²) in [5.41, 5.74) is 2.64. The summed E-state index contributed by atoms with van der Waals surface area (Å²) in [4.78, 5) is 21.0. The molecule has 26 heavy (non-hydrogen) atoms. The van der Waals surface area contributed by atoms with Crippen molar-refractivity contribution in [3.8, 4) is 0 Å². The van der Waals surface area contributed by atoms with Crippen LogP contribution in [0, 0.1) is 0 Å². The summed E-state index contributed by atoms with van der Waals surface area (Å²) in [6.07, 6.45) is 3.60. The lowest BCUT2D eigenvalue weighted by atomic mass is 9.96. The first-order valence-electron chi connectivity index (χ1n) is 8.22. The van der Waals surface area contributed by atoms with Crippen LogP contribution in [0.4, 0.5) is 0 Å². The van der Waals surface area contributed by atoms with Crippen molar-refractivity contribution in [3.05, 3.63) is 87.5 Å². The third-order valence-electron chi connectivity index (χ3n) is 4.35. The Hall–Kier alpha value is -2.63. The normalized spacial score (nSPS) is 12.2. The molecule has 1 aromatic carbocycles. The minimum atomic E-state index is -0.218. The fourth-order valence-corrected chi connectivity index (χ4v) is 4.13. The summed E-state index contributed by atoms with van der Waals surface area (Å²) in [5.74, 6) is -0.157. The maximum absolute atomic E-state index is 12.5. The zero-order chi connectivity index (χ0) is 17.9. The Balaban J connectivity index is 1.63. The zero-order valence-electron chi connectivity index (χ0n) is 13.8. The summed E-state index contributed by atoms with van der Waals surface area (Å²) < 4.78 is 0. The lowest BCUT2D eigenvalue weighted by Crippen LogP contribution is -2.29. The van der Waals surface area contributed by atoms with E-state index in [-0.39, 0.29) is 17.0 Å². The first kappa shape index (κ1) is 16.8. The number of carbonyl (C=O) groups excluding carboxylic acids is 1. The van der Waals surface area contributed by atoms with E-state index in [9.17, 15) is 4.79 Å². The molecule has 4 aromatic rings. The number of benzene rings is 1. The molecular weight excluding hydrogens is 366 g/mol. The number of rotatable bonds is 5. The van der Waals surface area contributed by atoms with Crippen molar-refractivity contribution in [3.63, 3.8) is 0 Å². The van der Waals surface area contributed by atoms with E-state index in [4.69, 9.17) is 11.6 Å². The lowest BCUT2D eigenvalue weighted by molar-refractivity contribution is 0.0952. The Bertz CT molecular complexity index is 1040. The molecule has 6 heteroatoms. The van der Waals surface area contributed by atoms with Gasteiger partial charge in [-0.2, -0.15) is 0 Å². The maximum Gasteiger partial charge on any atom is 0.254 e. The maximum atomic E-state index is 12.5. The van der Waals surface area contributed by atoms with Gasteiger partial charge < -0.3 is 10.3 Å². The molecule has 4 rings (SSSR count). The minimum Gasteiger partial charge on any atom is -0.361 e. The van der Waals surface area contributed by atoms with E-state index in [1.54, 1.807) is 29.7 Å². The summed E-state index contributed by atoms with van der Waals surface area (Å²) >= 11 is 7.72. The highest BCUT2D eigenvalue weighted by Gasteiger charge is 2.21. The molecule has 0 radical (unpaired) electrons. The number of aromatic nitrogens is 2. The topological polar surface area (TPSA) is 57.8 Å². The average molecular weight is 382 g/mol. The molecule has 1 unspecified atom stereocenters. The number of para-hydroxylation sites is 1. The predicted octanol–water partition coefficient (Wildman–Crippen LogP) is 4.84. The van der Waals surface area contributed by atoms with Crippen molar-refractivity contribution in [2.24, 2.45) is 0 Å². The number of H-pyrrole nitrogens is 1. The van der Waals surface area contributed by atoms with Gasteiger partial charge in [0.25, 0.3) is 5.91 Å². The van der Waals surface area contributed by atoms with Gasteiger partial charge in [-0.1, -0.05) is 35.9 Å². The number of thiophene rings is 1. The van der Waals surface area contributed by atoms with Crippen molar-refractivity contribution in [1.29, 1.82) is 0 Å². The Labute approximate surface area is 159 Å². The zero-order valence-corrected chi connectivity index (χ0v) is 15.3. The minimum absolute atomic E-state index is 0.0607. The van der Waals surface area contributed by atoms with E-state index < -0.39 is 0 Å². The molecular formula is C20H16ClN3OS. The second-order valence-corrected chi connectivity index (χ2v) is 7.25. The number of nitrogens with one attached hydrogen (secondary N) is 2. The van der Waals surface area contributed by atoms with Gasteiger partial charge in [0, 0.05) is 40.6 Å². The van der Waals surface area contributed by atoms with Gasteiger partial charge in [-0.25, -0.2) is 4.98 Å². The molecule has 2 N–H and O–H groups in total. The van der Waals surface area contributed by atoms with Crippen LogP contribution in [-0.4, -0.2) is 22.4 Å². The van der Waals surface area contributed by atoms with Crippen molar-refractivity contribution in [2.45, 2.75) is 5.92 Å². The quantitative estimate of drug-likeness (QED) is 0.486. The molecule has 0 bridgehead atoms. The van der Waals surface area contributed by atoms with Crippen molar-refractivity contribution in [1.82, 2.24) is 15.3 Å². The molecule has 0 aliphatic carbocycles. The number of amides is 1. The molecule has 3 heterocycles. The Morgan fingerprint density at radius 1 is 1.19 bits per heavy atom. The number of aromatic amines is 1. The fourth-order valence-electron chi connectivity index (χ4n) is 3.08. The van der Waals surface area contributed by atoms with Gasteiger partial charge in [-0.05, 0) is 35.2 Å². The largest absolute Gasteiger partial charge is 0.361 e. The van der Waals surface area contributed by atoms with E-state index in [0.29, 0.717) is 12.1 Å². The van der Waals surface area contributed by atoms with Gasteiger partial charge in [0.1, 0.15) is 5.15 Å². The van der Waals surface area contributed by atoms with Gasteiger partial charge in [0.15, 0.2) is 0 Å². The van der Waals surface area contributed by atoms with Gasteiger partial charge in [0.05, 0.1) is 5.56 Å². The van der Waals surface area contributed by atoms with Crippen LogP contribution < -0.4 is 5.32 Å². The highest BCUT2D eigenvalue weighted by Crippen LogP contribution is 2.32. The first-order chi connectivity index (χ1) is 12.7. The molecule has 130 valence electrons. The number of pyridine rings is 1. The fraction of sp³-hybridized carbons (Fsp3) is 0.100. The van der Waals surface area contributed by atoms with Crippen molar-refractivity contribution in [2.75, 3.05) is 6.54 Å². The molecule has 0 aliphatic rings. The van der Waals surface area contributed by atoms with Crippen molar-refractivity contribution < 1.29 is 4.79 Å². The molecule has 4 nitrogen and oxygen atoms in total. The Morgan fingerprint density at radius 3 is 2.88 bits per heavy atom. The van der Waals surface area contributed by atoms with E-state index in [0.717, 1.165) is 5.52 Å². The molecule has 3 aromatic heterocycles. The van der Waals surface area contributed by atoms with Crippen LogP contribution >= 0.6 is 22.9 Å². The number of hydrogen-bond acceptors (Lipinski definition) is 3. The number of carbonyl (C=O) groups is 1. The number of nitrogens with zero attached hydrogens (tertiary/aromatic N) is 1. The standard InChI is InChI=1S/C20H16ClN3OS/c21-19-14(6-3-9-22-19)20(25)24-12-16(18-8-4-10-26-18)15-11-23-17-7-2-1-5-13(15)17/h1-11,16,23H,12H2,(H,24,25). The molecule has 1 atom stereocenters. The number of hydrogen-bond donors (Lipinski definition) is 2. The monoisotopic (exact) mass is 381 g/mol. The summed E-state index contributed by atoms with van der Waals surface area (Å²) in [7, 11) is 0. The van der Waals surface area contributed by atoms with E-state index in [1.807, 2.05) is 24.4 Å². The van der Waals surface area contributed by atoms with Gasteiger partial charge >= 0.3 is 0 Å². The average Bonchev–Trinajstić information content (AvgIpc) is 3.33. The van der Waals surface area contributed by atoms with E-state index >= 15 is 0 Å². The molecule has 0 saturated carbocycles. The molecule has 0 saturated heterocycles. The number of halogens is 1. The number of fused-ring (bicyclic) bond motifs is 1. The Kier molecular flexibility index (Phi) is 4.73. The summed E-state index contributed by atoms with van der Waals surface area (Å²) in [5, 5.41) is 6.44. The summed E-state index contributed by atoms with van der Waals surface area (Å²) in [6.45, 7) is 0.479. The van der Waals surface area contributed by atoms with Crippen molar-refractivity contribution >= 4 is 39.7 Å². The van der Waals surface area contributed by atoms with Crippen LogP contribution in [0.1, 0.15) is 26.7 Å². The molecule has 0 spiro atoms. The van der Waals surface area contributed by atoms with Gasteiger partial charge in [-0.15, -0.1) is 11.3 Å². The van der Waals surface area contributed by atoms with E-state index in [2.05, 4.69) is 38.9 Å². The smallest absolute Gasteiger partial charge is 0.254 e. The Morgan fingerprint density at radius 2 is 2.08 bits per heavy atom. The third-order valence-corrected chi connectivity index (χ3v) is 5.64. The van der Waals surface area contributed by atoms with E-state index in [1.165, 1.54) is 15.8 Å². The van der Waals surface area contributed by atoms with Crippen LogP contribution in [0.15, 0.2) is 66.3 Å². The van der Waals surface area contributed by atoms with Crippen LogP contribution in [0.2, 0.25) is 5.15 Å². The predicted molar refractivity (Wildman–Crippen MR) is 106 cm³/mol. The van der Waals surface area contributed by atoms with Gasteiger partial charge in [-0.3, -0.25) is 4.79 Å². The van der Waals surface area contributed by atoms with Crippen LogP contribution in [-0.2, 0) is 0 Å². The highest BCUT2D eigenvalue weighted by molar-refractivity contribution is 7.10. The molecule has 0 aliphatic heterocycles. The lowest BCUT2D eigenvalue weighted by Gasteiger charge is -2.16. The third kappa shape index (κ3) is 3.23. The van der Waals surface area contributed by atoms with Gasteiger partial charge in [0.2, 0.25) is 0 Å². The second kappa shape index (κ2) is 7.32. The van der Waals surface area contributed by atoms with Crippen LogP contribution in [0.5, 0.6) is 0 Å². The SMILES string of the molecule is O=C(NCC(c1cccs1)c1c[nH]c2ccccc12)c1cccnc1Cl. The molecule has 1 amide bonds. The van der Waals surface area contributed by atoms with Crippen LogP contribution in [0.3, 0.4) is 0 Å².